The number of ether oxygens (including phenoxy) is 4. The molecule has 1 saturated heterocycles. The van der Waals surface area contributed by atoms with Crippen molar-refractivity contribution in [2.24, 2.45) is 5.92 Å². The first-order chi connectivity index (χ1) is 22.0. The molecule has 1 fully saturated rings. The summed E-state index contributed by atoms with van der Waals surface area (Å²) in [6.45, 7) is -1.81. The molecule has 2 unspecified atom stereocenters. The smallest absolute Gasteiger partial charge is 0.433 e. The molecule has 1 aliphatic heterocycles. The summed E-state index contributed by atoms with van der Waals surface area (Å²) < 4.78 is 69.2. The second-order valence-electron chi connectivity index (χ2n) is 10.1. The number of carbonyl (C=O) groups is 3. The molecule has 14 heteroatoms. The molecule has 3 aromatic carbocycles. The lowest BCUT2D eigenvalue weighted by molar-refractivity contribution is -0.298. The average Bonchev–Trinajstić information content (AvgIpc) is 3.37. The van der Waals surface area contributed by atoms with Crippen molar-refractivity contribution in [3.05, 3.63) is 135 Å². The highest BCUT2D eigenvalue weighted by atomic mass is 32.1. The Morgan fingerprint density at radius 3 is 1.74 bits per heavy atom. The summed E-state index contributed by atoms with van der Waals surface area (Å²) in [4.78, 5) is 54.2. The fourth-order valence-electron chi connectivity index (χ4n) is 5.05. The molecule has 2 heterocycles. The minimum Gasteiger partial charge on any atom is -0.462 e. The lowest BCUT2D eigenvalue weighted by Crippen LogP contribution is -2.60. The van der Waals surface area contributed by atoms with Gasteiger partial charge in [-0.05, 0) is 42.5 Å². The van der Waals surface area contributed by atoms with Crippen molar-refractivity contribution in [1.29, 1.82) is 0 Å². The van der Waals surface area contributed by atoms with E-state index in [9.17, 15) is 19.2 Å². The topological polar surface area (TPSA) is 126 Å². The van der Waals surface area contributed by atoms with Crippen molar-refractivity contribution < 1.29 is 46.5 Å². The molecule has 1 N–H and O–H groups in total. The number of esters is 3. The van der Waals surface area contributed by atoms with Crippen LogP contribution in [0.5, 0.6) is 0 Å². The van der Waals surface area contributed by atoms with Crippen LogP contribution >= 0.6 is 12.2 Å². The Bertz CT molecular complexity index is 1820. The highest BCUT2D eigenvalue weighted by Gasteiger charge is 2.75. The van der Waals surface area contributed by atoms with E-state index in [0.29, 0.717) is 4.57 Å². The Kier molecular flexibility index (Phi) is 9.49. The first-order valence-corrected chi connectivity index (χ1v) is 14.2. The number of hydrogen-bond donors (Lipinski definition) is 1. The number of alkyl halides is 3. The van der Waals surface area contributed by atoms with Crippen molar-refractivity contribution >= 4 is 30.1 Å². The zero-order valence-corrected chi connectivity index (χ0v) is 24.5. The molecule has 0 amide bonds. The SMILES string of the molecule is O=C(OCC1[C@@H](COC(=O)c2ccccc2)O[C@@H](n2ccc(=S)[nH]c2=O)C1(OC(=O)c1ccccc1)C(F)(F)F)c1ccccc1. The molecular weight excluding hydrogens is 629 g/mol. The molecule has 46 heavy (non-hydrogen) atoms. The molecule has 238 valence electrons. The van der Waals surface area contributed by atoms with Crippen LogP contribution in [0.2, 0.25) is 0 Å². The molecule has 5 rings (SSSR count). The van der Waals surface area contributed by atoms with Gasteiger partial charge in [0.1, 0.15) is 24.0 Å². The Morgan fingerprint density at radius 1 is 0.783 bits per heavy atom. The van der Waals surface area contributed by atoms with Gasteiger partial charge in [0.25, 0.3) is 5.60 Å². The summed E-state index contributed by atoms with van der Waals surface area (Å²) in [7, 11) is 0. The minimum atomic E-state index is -5.45. The van der Waals surface area contributed by atoms with Crippen molar-refractivity contribution in [2.75, 3.05) is 13.2 Å². The third-order valence-corrected chi connectivity index (χ3v) is 7.52. The lowest BCUT2D eigenvalue weighted by atomic mass is 9.83. The largest absolute Gasteiger partial charge is 0.462 e. The molecule has 0 radical (unpaired) electrons. The second kappa shape index (κ2) is 13.5. The number of aromatic nitrogens is 2. The van der Waals surface area contributed by atoms with Crippen LogP contribution in [0.15, 0.2) is 108 Å². The maximum absolute atomic E-state index is 15.6. The lowest BCUT2D eigenvalue weighted by Gasteiger charge is -2.39. The van der Waals surface area contributed by atoms with Crippen LogP contribution in [0.3, 0.4) is 0 Å². The molecule has 1 aliphatic rings. The first-order valence-electron chi connectivity index (χ1n) is 13.8. The zero-order chi connectivity index (χ0) is 32.9. The minimum absolute atomic E-state index is 0.0377. The van der Waals surface area contributed by atoms with Gasteiger partial charge in [0, 0.05) is 6.20 Å². The number of carbonyl (C=O) groups excluding carboxylic acids is 3. The van der Waals surface area contributed by atoms with Gasteiger partial charge in [-0.1, -0.05) is 66.8 Å². The van der Waals surface area contributed by atoms with E-state index in [1.165, 1.54) is 60.7 Å². The molecule has 0 bridgehead atoms. The fourth-order valence-corrected chi connectivity index (χ4v) is 5.20. The summed E-state index contributed by atoms with van der Waals surface area (Å²) in [6.07, 6.45) is -8.58. The number of aromatic amines is 1. The van der Waals surface area contributed by atoms with E-state index in [4.69, 9.17) is 31.2 Å². The van der Waals surface area contributed by atoms with Gasteiger partial charge in [0.2, 0.25) is 0 Å². The molecule has 4 atom stereocenters. The van der Waals surface area contributed by atoms with E-state index in [-0.39, 0.29) is 21.3 Å². The summed E-state index contributed by atoms with van der Waals surface area (Å²) in [5.74, 6) is -5.30. The van der Waals surface area contributed by atoms with E-state index in [1.54, 1.807) is 30.3 Å². The van der Waals surface area contributed by atoms with Crippen molar-refractivity contribution in [1.82, 2.24) is 9.55 Å². The number of nitrogens with one attached hydrogen (secondary N) is 1. The standard InChI is InChI=1S/C32H25F3N2O8S/c33-32(34,35)31(45-28(40)22-14-8-3-9-15-22)23(18-42-26(38)20-10-4-1-5-11-20)24(19-43-27(39)21-12-6-2-7-13-21)44-29(31)37-17-16-25(46)36-30(37)41/h1-17,23-24,29H,18-19H2,(H,36,41,46)/t23?,24-,29-,31?/m1/s1. The van der Waals surface area contributed by atoms with Crippen LogP contribution in [0.4, 0.5) is 13.2 Å². The summed E-state index contributed by atoms with van der Waals surface area (Å²) in [5.41, 5.74) is -4.85. The van der Waals surface area contributed by atoms with Crippen molar-refractivity contribution in [2.45, 2.75) is 24.1 Å². The average molecular weight is 655 g/mol. The molecule has 0 saturated carbocycles. The highest BCUT2D eigenvalue weighted by molar-refractivity contribution is 7.71. The molecule has 0 aliphatic carbocycles. The Labute approximate surface area is 264 Å². The zero-order valence-electron chi connectivity index (χ0n) is 23.7. The van der Waals surface area contributed by atoms with Gasteiger partial charge in [-0.25, -0.2) is 19.2 Å². The number of halogens is 3. The summed E-state index contributed by atoms with van der Waals surface area (Å²) >= 11 is 4.95. The fraction of sp³-hybridized carbons (Fsp3) is 0.219. The molecular formula is C32H25F3N2O8S. The van der Waals surface area contributed by atoms with E-state index in [1.807, 2.05) is 0 Å². The molecule has 0 spiro atoms. The monoisotopic (exact) mass is 654 g/mol. The number of hydrogen-bond acceptors (Lipinski definition) is 9. The van der Waals surface area contributed by atoms with Gasteiger partial charge in [-0.2, -0.15) is 13.2 Å². The number of nitrogens with zero attached hydrogens (tertiary/aromatic N) is 1. The second-order valence-corrected chi connectivity index (χ2v) is 10.6. The predicted molar refractivity (Wildman–Crippen MR) is 157 cm³/mol. The Hall–Kier alpha value is -5.08. The van der Waals surface area contributed by atoms with E-state index < -0.39 is 66.8 Å². The summed E-state index contributed by atoms with van der Waals surface area (Å²) in [6, 6.07) is 23.2. The van der Waals surface area contributed by atoms with Gasteiger partial charge < -0.3 is 18.9 Å². The maximum atomic E-state index is 15.6. The van der Waals surface area contributed by atoms with Crippen LogP contribution in [-0.4, -0.2) is 58.6 Å². The van der Waals surface area contributed by atoms with Gasteiger partial charge >= 0.3 is 29.8 Å². The van der Waals surface area contributed by atoms with Crippen LogP contribution in [0.25, 0.3) is 0 Å². The third kappa shape index (κ3) is 6.62. The number of H-pyrrole nitrogens is 1. The van der Waals surface area contributed by atoms with E-state index in [2.05, 4.69) is 4.98 Å². The maximum Gasteiger partial charge on any atom is 0.433 e. The Balaban J connectivity index is 1.61. The molecule has 1 aromatic heterocycles. The van der Waals surface area contributed by atoms with Crippen LogP contribution in [0.1, 0.15) is 37.3 Å². The van der Waals surface area contributed by atoms with E-state index >= 15 is 13.2 Å². The normalized spacial score (nSPS) is 20.9. The van der Waals surface area contributed by atoms with Gasteiger partial charge in [0.05, 0.1) is 22.6 Å². The van der Waals surface area contributed by atoms with Gasteiger partial charge in [-0.3, -0.25) is 9.55 Å². The van der Waals surface area contributed by atoms with Crippen LogP contribution in [-0.2, 0) is 18.9 Å². The Morgan fingerprint density at radius 2 is 1.26 bits per heavy atom. The number of rotatable bonds is 9. The first kappa shape index (κ1) is 32.3. The van der Waals surface area contributed by atoms with E-state index in [0.717, 1.165) is 12.3 Å². The summed E-state index contributed by atoms with van der Waals surface area (Å²) in [5, 5.41) is 0. The van der Waals surface area contributed by atoms with Gasteiger partial charge in [-0.15, -0.1) is 0 Å². The molecule has 10 nitrogen and oxygen atoms in total. The predicted octanol–water partition coefficient (Wildman–Crippen LogP) is 5.29. The quantitative estimate of drug-likeness (QED) is 0.146. The number of benzene rings is 3. The molecule has 4 aromatic rings. The van der Waals surface area contributed by atoms with Crippen molar-refractivity contribution in [3.8, 4) is 0 Å². The van der Waals surface area contributed by atoms with Crippen LogP contribution < -0.4 is 5.69 Å². The van der Waals surface area contributed by atoms with Crippen LogP contribution in [0, 0.1) is 10.6 Å². The van der Waals surface area contributed by atoms with Gasteiger partial charge in [0.15, 0.2) is 6.23 Å². The third-order valence-electron chi connectivity index (χ3n) is 7.28. The van der Waals surface area contributed by atoms with Crippen molar-refractivity contribution in [3.63, 3.8) is 0 Å². The highest BCUT2D eigenvalue weighted by Crippen LogP contribution is 2.54.